The molecule has 4 aliphatic carbocycles. The van der Waals surface area contributed by atoms with E-state index in [1.807, 2.05) is 0 Å². The van der Waals surface area contributed by atoms with Crippen molar-refractivity contribution in [1.29, 1.82) is 0 Å². The number of fused-ring (bicyclic) bond motifs is 5. The maximum Gasteiger partial charge on any atom is 0.0966 e. The molecule has 1 radical (unpaired) electrons. The predicted octanol–water partition coefficient (Wildman–Crippen LogP) is 6.63. The minimum absolute atomic E-state index is 0. The van der Waals surface area contributed by atoms with Crippen molar-refractivity contribution in [2.75, 3.05) is 0 Å². The molecule has 4 rings (SSSR count). The average molecular weight is 557 g/mol. The zero-order valence-electron chi connectivity index (χ0n) is 16.2. The standard InChI is InChI=1S/C22H31FO.Ac/c1-13-11-16-18-6-5-17(14(2)23)21(18,3)10-8-19(16)22(4)9-7-15(24)12-20(13)22;/h12,16,18-19,24H,5-11H2,1-4H3;/b17-14+;. The topological polar surface area (TPSA) is 20.2 Å². The van der Waals surface area contributed by atoms with Gasteiger partial charge in [-0.05, 0) is 98.2 Å². The van der Waals surface area contributed by atoms with Gasteiger partial charge >= 0.3 is 0 Å². The number of allylic oxidation sites excluding steroid dienone is 6. The molecule has 1 nitrogen and oxygen atoms in total. The van der Waals surface area contributed by atoms with Crippen molar-refractivity contribution in [3.05, 3.63) is 34.4 Å². The first kappa shape index (κ1) is 20.1. The molecule has 0 aromatic heterocycles. The van der Waals surface area contributed by atoms with Crippen LogP contribution in [0.2, 0.25) is 0 Å². The van der Waals surface area contributed by atoms with Gasteiger partial charge < -0.3 is 5.11 Å². The van der Waals surface area contributed by atoms with Crippen LogP contribution < -0.4 is 0 Å². The van der Waals surface area contributed by atoms with Gasteiger partial charge in [-0.2, -0.15) is 0 Å². The summed E-state index contributed by atoms with van der Waals surface area (Å²) in [5, 5.41) is 10.0. The average Bonchev–Trinajstić information content (AvgIpc) is 2.87. The van der Waals surface area contributed by atoms with E-state index in [0.717, 1.165) is 44.1 Å². The molecule has 0 bridgehead atoms. The van der Waals surface area contributed by atoms with Gasteiger partial charge in [0.25, 0.3) is 0 Å². The summed E-state index contributed by atoms with van der Waals surface area (Å²) in [7, 11) is 0. The molecule has 4 aliphatic rings. The molecule has 1 N–H and O–H groups in total. The van der Waals surface area contributed by atoms with Gasteiger partial charge in [-0.25, -0.2) is 4.39 Å². The van der Waals surface area contributed by atoms with Crippen molar-refractivity contribution >= 4 is 0 Å². The molecular weight excluding hydrogens is 526 g/mol. The van der Waals surface area contributed by atoms with Gasteiger partial charge in [0.15, 0.2) is 0 Å². The summed E-state index contributed by atoms with van der Waals surface area (Å²) in [5.74, 6) is 2.64. The van der Waals surface area contributed by atoms with Crippen LogP contribution in [0.25, 0.3) is 0 Å². The van der Waals surface area contributed by atoms with Gasteiger partial charge in [0.1, 0.15) is 0 Å². The summed E-state index contributed by atoms with van der Waals surface area (Å²) in [4.78, 5) is 0. The molecule has 2 saturated carbocycles. The van der Waals surface area contributed by atoms with Crippen LogP contribution in [0.15, 0.2) is 34.4 Å². The van der Waals surface area contributed by atoms with E-state index in [-0.39, 0.29) is 60.7 Å². The van der Waals surface area contributed by atoms with Gasteiger partial charge in [-0.1, -0.05) is 19.4 Å². The normalized spacial score (nSPS) is 45.0. The summed E-state index contributed by atoms with van der Waals surface area (Å²) in [6.45, 7) is 8.69. The molecule has 0 aromatic rings. The summed E-state index contributed by atoms with van der Waals surface area (Å²) < 4.78 is 14.1. The molecule has 135 valence electrons. The summed E-state index contributed by atoms with van der Waals surface area (Å²) in [6, 6.07) is 0. The Morgan fingerprint density at radius 3 is 2.48 bits per heavy atom. The van der Waals surface area contributed by atoms with Crippen molar-refractivity contribution in [3.63, 3.8) is 0 Å². The van der Waals surface area contributed by atoms with Crippen LogP contribution in [0.5, 0.6) is 0 Å². The Labute approximate surface area is 187 Å². The van der Waals surface area contributed by atoms with Crippen LogP contribution in [0.1, 0.15) is 72.6 Å². The van der Waals surface area contributed by atoms with Crippen LogP contribution in [0.4, 0.5) is 4.39 Å². The van der Waals surface area contributed by atoms with E-state index >= 15 is 0 Å². The summed E-state index contributed by atoms with van der Waals surface area (Å²) in [6.07, 6.45) is 9.54. The van der Waals surface area contributed by atoms with E-state index in [1.54, 1.807) is 6.92 Å². The second-order valence-electron chi connectivity index (χ2n) is 9.33. The Kier molecular flexibility index (Phi) is 5.45. The second-order valence-corrected chi connectivity index (χ2v) is 9.33. The SMILES string of the molecule is CC1=C2C=C(O)CCC2(C)C2CCC3(C)/C(=C(\C)F)CCC3C2C1.[Ac]. The molecule has 2 fully saturated rings. The first-order valence-corrected chi connectivity index (χ1v) is 9.73. The van der Waals surface area contributed by atoms with Crippen LogP contribution >= 0.6 is 0 Å². The van der Waals surface area contributed by atoms with Crippen molar-refractivity contribution in [3.8, 4) is 0 Å². The number of halogens is 1. The zero-order valence-corrected chi connectivity index (χ0v) is 20.9. The molecule has 0 aliphatic heterocycles. The molecule has 5 atom stereocenters. The third kappa shape index (κ3) is 2.86. The van der Waals surface area contributed by atoms with Gasteiger partial charge in [-0.15, -0.1) is 0 Å². The first-order chi connectivity index (χ1) is 11.3. The fraction of sp³-hybridized carbons (Fsp3) is 0.727. The molecule has 0 heterocycles. The minimum atomic E-state index is 0. The summed E-state index contributed by atoms with van der Waals surface area (Å²) >= 11 is 0. The van der Waals surface area contributed by atoms with E-state index in [0.29, 0.717) is 23.5 Å². The maximum atomic E-state index is 14.1. The number of hydrogen-bond donors (Lipinski definition) is 1. The van der Waals surface area contributed by atoms with Crippen LogP contribution in [-0.4, -0.2) is 5.11 Å². The van der Waals surface area contributed by atoms with Crippen molar-refractivity contribution in [2.24, 2.45) is 28.6 Å². The van der Waals surface area contributed by atoms with E-state index in [9.17, 15) is 9.50 Å². The third-order valence-electron chi connectivity index (χ3n) is 8.28. The third-order valence-corrected chi connectivity index (χ3v) is 8.28. The molecule has 0 amide bonds. The van der Waals surface area contributed by atoms with Crippen LogP contribution in [0, 0.1) is 72.6 Å². The molecule has 25 heavy (non-hydrogen) atoms. The monoisotopic (exact) mass is 557 g/mol. The van der Waals surface area contributed by atoms with Crippen molar-refractivity contribution < 1.29 is 53.6 Å². The molecule has 5 unspecified atom stereocenters. The second kappa shape index (κ2) is 6.77. The zero-order chi connectivity index (χ0) is 17.3. The predicted molar refractivity (Wildman–Crippen MR) is 96.2 cm³/mol. The van der Waals surface area contributed by atoms with E-state index in [4.69, 9.17) is 0 Å². The van der Waals surface area contributed by atoms with E-state index < -0.39 is 0 Å². The Hall–Kier alpha value is 0.392. The largest absolute Gasteiger partial charge is 0.512 e. The molecular formula is C22H31AcFO. The van der Waals surface area contributed by atoms with E-state index in [1.165, 1.54) is 17.6 Å². The molecule has 0 spiro atoms. The van der Waals surface area contributed by atoms with Gasteiger partial charge in [0.2, 0.25) is 0 Å². The van der Waals surface area contributed by atoms with Crippen LogP contribution in [-0.2, 0) is 0 Å². The smallest absolute Gasteiger partial charge is 0.0966 e. The van der Waals surface area contributed by atoms with Crippen molar-refractivity contribution in [2.45, 2.75) is 72.6 Å². The molecule has 0 saturated heterocycles. The van der Waals surface area contributed by atoms with Gasteiger partial charge in [-0.3, -0.25) is 0 Å². The Morgan fingerprint density at radius 1 is 1.12 bits per heavy atom. The van der Waals surface area contributed by atoms with Crippen LogP contribution in [0.3, 0.4) is 0 Å². The summed E-state index contributed by atoms with van der Waals surface area (Å²) in [5.41, 5.74) is 4.28. The fourth-order valence-electron chi connectivity index (χ4n) is 7.13. The number of rotatable bonds is 0. The van der Waals surface area contributed by atoms with Gasteiger partial charge in [0, 0.05) is 50.5 Å². The number of aliphatic hydroxyl groups is 1. The first-order valence-electron chi connectivity index (χ1n) is 9.73. The number of hydrogen-bond acceptors (Lipinski definition) is 1. The Bertz CT molecular complexity index is 672. The number of aliphatic hydroxyl groups excluding tert-OH is 1. The quantitative estimate of drug-likeness (QED) is 0.355. The Balaban J connectivity index is 0.00000182. The molecule has 0 aromatic carbocycles. The van der Waals surface area contributed by atoms with E-state index in [2.05, 4.69) is 26.8 Å². The molecule has 3 heteroatoms. The Morgan fingerprint density at radius 2 is 1.80 bits per heavy atom. The van der Waals surface area contributed by atoms with Crippen molar-refractivity contribution in [1.82, 2.24) is 0 Å². The minimum Gasteiger partial charge on any atom is -0.512 e. The maximum absolute atomic E-state index is 14.1. The van der Waals surface area contributed by atoms with Gasteiger partial charge in [0.05, 0.1) is 11.6 Å². The fourth-order valence-corrected chi connectivity index (χ4v) is 7.13.